The number of aryl methyl sites for hydroxylation is 2. The topological polar surface area (TPSA) is 46.9 Å². The molecule has 0 saturated heterocycles. The van der Waals surface area contributed by atoms with E-state index < -0.39 is 0 Å². The molecule has 4 nitrogen and oxygen atoms in total. The second kappa shape index (κ2) is 7.56. The van der Waals surface area contributed by atoms with Gasteiger partial charge in [-0.15, -0.1) is 11.3 Å². The fraction of sp³-hybridized carbons (Fsp3) is 0.182. The van der Waals surface area contributed by atoms with Crippen LogP contribution in [0.15, 0.2) is 54.6 Å². The number of rotatable bonds is 5. The normalized spacial score (nSPS) is 11.1. The van der Waals surface area contributed by atoms with Crippen molar-refractivity contribution >= 4 is 27.5 Å². The van der Waals surface area contributed by atoms with Crippen molar-refractivity contribution < 1.29 is 9.18 Å². The number of fused-ring (bicyclic) bond motifs is 1. The molecule has 6 heteroatoms. The van der Waals surface area contributed by atoms with Crippen molar-refractivity contribution in [2.75, 3.05) is 0 Å². The molecule has 0 aliphatic heterocycles. The minimum atomic E-state index is -0.284. The SMILES string of the molecule is Cc1ccc(Cn2nc(C)c3cc(C(=O)NCc4ccc(F)cc4)sc32)cc1. The van der Waals surface area contributed by atoms with Gasteiger partial charge < -0.3 is 5.32 Å². The van der Waals surface area contributed by atoms with Gasteiger partial charge in [0.15, 0.2) is 0 Å². The maximum absolute atomic E-state index is 13.0. The van der Waals surface area contributed by atoms with Gasteiger partial charge in [0.1, 0.15) is 10.6 Å². The average Bonchev–Trinajstić information content (AvgIpc) is 3.24. The van der Waals surface area contributed by atoms with Gasteiger partial charge in [-0.2, -0.15) is 5.10 Å². The van der Waals surface area contributed by atoms with Crippen LogP contribution in [0.25, 0.3) is 10.2 Å². The molecule has 2 aromatic carbocycles. The summed E-state index contributed by atoms with van der Waals surface area (Å²) in [5.74, 6) is -0.417. The average molecular weight is 393 g/mol. The molecule has 0 fully saturated rings. The van der Waals surface area contributed by atoms with E-state index in [0.717, 1.165) is 21.5 Å². The van der Waals surface area contributed by atoms with Gasteiger partial charge in [-0.05, 0) is 43.2 Å². The van der Waals surface area contributed by atoms with Crippen LogP contribution < -0.4 is 5.32 Å². The number of hydrogen-bond acceptors (Lipinski definition) is 3. The molecule has 0 aliphatic rings. The van der Waals surface area contributed by atoms with Crippen molar-refractivity contribution in [2.45, 2.75) is 26.9 Å². The lowest BCUT2D eigenvalue weighted by molar-refractivity contribution is 0.0955. The lowest BCUT2D eigenvalue weighted by Crippen LogP contribution is -2.21. The summed E-state index contributed by atoms with van der Waals surface area (Å²) in [6.45, 7) is 5.06. The van der Waals surface area contributed by atoms with E-state index in [1.165, 1.54) is 34.6 Å². The van der Waals surface area contributed by atoms with Crippen molar-refractivity contribution in [3.05, 3.63) is 87.7 Å². The summed E-state index contributed by atoms with van der Waals surface area (Å²) >= 11 is 1.44. The Morgan fingerprint density at radius 1 is 1.07 bits per heavy atom. The van der Waals surface area contributed by atoms with Crippen LogP contribution in [0.5, 0.6) is 0 Å². The molecule has 0 bridgehead atoms. The zero-order valence-corrected chi connectivity index (χ0v) is 16.5. The van der Waals surface area contributed by atoms with Crippen molar-refractivity contribution in [3.63, 3.8) is 0 Å². The zero-order chi connectivity index (χ0) is 19.7. The van der Waals surface area contributed by atoms with Gasteiger partial charge in [-0.1, -0.05) is 42.0 Å². The number of carbonyl (C=O) groups excluding carboxylic acids is 1. The number of benzene rings is 2. The predicted molar refractivity (Wildman–Crippen MR) is 110 cm³/mol. The monoisotopic (exact) mass is 393 g/mol. The van der Waals surface area contributed by atoms with Crippen LogP contribution in [0.2, 0.25) is 0 Å². The minimum Gasteiger partial charge on any atom is -0.347 e. The van der Waals surface area contributed by atoms with E-state index in [1.54, 1.807) is 12.1 Å². The van der Waals surface area contributed by atoms with Gasteiger partial charge in [0, 0.05) is 11.9 Å². The van der Waals surface area contributed by atoms with E-state index in [9.17, 15) is 9.18 Å². The maximum Gasteiger partial charge on any atom is 0.261 e. The summed E-state index contributed by atoms with van der Waals surface area (Å²) in [6.07, 6.45) is 0. The van der Waals surface area contributed by atoms with Gasteiger partial charge in [-0.25, -0.2) is 4.39 Å². The molecule has 2 aromatic heterocycles. The molecule has 1 N–H and O–H groups in total. The summed E-state index contributed by atoms with van der Waals surface area (Å²) in [5.41, 5.74) is 4.17. The van der Waals surface area contributed by atoms with E-state index in [1.807, 2.05) is 17.7 Å². The fourth-order valence-corrected chi connectivity index (χ4v) is 4.15. The van der Waals surface area contributed by atoms with Gasteiger partial charge in [0.05, 0.1) is 17.1 Å². The first-order chi connectivity index (χ1) is 13.5. The molecule has 0 aliphatic carbocycles. The Morgan fingerprint density at radius 3 is 2.46 bits per heavy atom. The third kappa shape index (κ3) is 3.82. The molecule has 28 heavy (non-hydrogen) atoms. The zero-order valence-electron chi connectivity index (χ0n) is 15.7. The lowest BCUT2D eigenvalue weighted by Gasteiger charge is -2.04. The Morgan fingerprint density at radius 2 is 1.75 bits per heavy atom. The van der Waals surface area contributed by atoms with E-state index >= 15 is 0 Å². The molecule has 4 aromatic rings. The maximum atomic E-state index is 13.0. The summed E-state index contributed by atoms with van der Waals surface area (Å²) < 4.78 is 14.9. The molecule has 0 unspecified atom stereocenters. The molecule has 2 heterocycles. The highest BCUT2D eigenvalue weighted by molar-refractivity contribution is 7.20. The molecule has 142 valence electrons. The number of carbonyl (C=O) groups is 1. The Balaban J connectivity index is 1.52. The second-order valence-corrected chi connectivity index (χ2v) is 7.90. The Bertz CT molecular complexity index is 1130. The second-order valence-electron chi connectivity index (χ2n) is 6.87. The first-order valence-electron chi connectivity index (χ1n) is 9.05. The molecule has 0 saturated carbocycles. The van der Waals surface area contributed by atoms with Crippen molar-refractivity contribution in [1.29, 1.82) is 0 Å². The highest BCUT2D eigenvalue weighted by atomic mass is 32.1. The van der Waals surface area contributed by atoms with Gasteiger partial charge in [0.2, 0.25) is 0 Å². The smallest absolute Gasteiger partial charge is 0.261 e. The molecule has 0 atom stereocenters. The number of thiophene rings is 1. The standard InChI is InChI=1S/C22H20FN3OS/c1-14-3-5-17(6-4-14)13-26-22-19(15(2)25-26)11-20(28-22)21(27)24-12-16-7-9-18(23)10-8-16/h3-11H,12-13H2,1-2H3,(H,24,27). The Kier molecular flexibility index (Phi) is 4.96. The predicted octanol–water partition coefficient (Wildman–Crippen LogP) is 4.83. The quantitative estimate of drug-likeness (QED) is 0.528. The molecule has 1 amide bonds. The van der Waals surface area contributed by atoms with Crippen LogP contribution in [0, 0.1) is 19.7 Å². The summed E-state index contributed by atoms with van der Waals surface area (Å²) in [7, 11) is 0. The van der Waals surface area contributed by atoms with E-state index in [4.69, 9.17) is 0 Å². The molecular formula is C22H20FN3OS. The number of nitrogens with zero attached hydrogens (tertiary/aromatic N) is 2. The van der Waals surface area contributed by atoms with Crippen molar-refractivity contribution in [1.82, 2.24) is 15.1 Å². The van der Waals surface area contributed by atoms with Crippen LogP contribution >= 0.6 is 11.3 Å². The van der Waals surface area contributed by atoms with Crippen molar-refractivity contribution in [3.8, 4) is 0 Å². The van der Waals surface area contributed by atoms with Crippen LogP contribution in [-0.2, 0) is 13.1 Å². The van der Waals surface area contributed by atoms with Crippen molar-refractivity contribution in [2.24, 2.45) is 0 Å². The molecular weight excluding hydrogens is 373 g/mol. The summed E-state index contributed by atoms with van der Waals surface area (Å²) in [6, 6.07) is 16.4. The van der Waals surface area contributed by atoms with Gasteiger partial charge in [-0.3, -0.25) is 9.48 Å². The number of aromatic nitrogens is 2. The largest absolute Gasteiger partial charge is 0.347 e. The Hall–Kier alpha value is -2.99. The number of hydrogen-bond donors (Lipinski definition) is 1. The summed E-state index contributed by atoms with van der Waals surface area (Å²) in [5, 5.41) is 8.53. The van der Waals surface area contributed by atoms with Crippen LogP contribution in [-0.4, -0.2) is 15.7 Å². The lowest BCUT2D eigenvalue weighted by atomic mass is 10.1. The van der Waals surface area contributed by atoms with E-state index in [0.29, 0.717) is 18.0 Å². The minimum absolute atomic E-state index is 0.133. The highest BCUT2D eigenvalue weighted by Gasteiger charge is 2.16. The first kappa shape index (κ1) is 18.4. The number of halogens is 1. The molecule has 0 radical (unpaired) electrons. The van der Waals surface area contributed by atoms with Gasteiger partial charge >= 0.3 is 0 Å². The van der Waals surface area contributed by atoms with E-state index in [2.05, 4.69) is 41.6 Å². The fourth-order valence-electron chi connectivity index (χ4n) is 3.07. The molecule has 4 rings (SSSR count). The van der Waals surface area contributed by atoms with E-state index in [-0.39, 0.29) is 11.7 Å². The third-order valence-electron chi connectivity index (χ3n) is 4.65. The molecule has 0 spiro atoms. The van der Waals surface area contributed by atoms with Gasteiger partial charge in [0.25, 0.3) is 5.91 Å². The first-order valence-corrected chi connectivity index (χ1v) is 9.86. The summed E-state index contributed by atoms with van der Waals surface area (Å²) in [4.78, 5) is 14.2. The Labute approximate surface area is 166 Å². The number of nitrogens with one attached hydrogen (secondary N) is 1. The highest BCUT2D eigenvalue weighted by Crippen LogP contribution is 2.29. The van der Waals surface area contributed by atoms with Crippen LogP contribution in [0.1, 0.15) is 32.1 Å². The number of amides is 1. The van der Waals surface area contributed by atoms with Crippen LogP contribution in [0.4, 0.5) is 4.39 Å². The third-order valence-corrected chi connectivity index (χ3v) is 5.80. The van der Waals surface area contributed by atoms with Crippen LogP contribution in [0.3, 0.4) is 0 Å².